The first-order valence-corrected chi connectivity index (χ1v) is 7.54. The Kier molecular flexibility index (Phi) is 4.26. The van der Waals surface area contributed by atoms with E-state index in [0.717, 1.165) is 36.9 Å². The first kappa shape index (κ1) is 14.2. The lowest BCUT2D eigenvalue weighted by molar-refractivity contribution is 0.111. The quantitative estimate of drug-likeness (QED) is 0.915. The SMILES string of the molecule is CC1CCN(Cc2nnnn2-c2ccccc2)C(CN)C1. The molecule has 6 nitrogen and oxygen atoms in total. The monoisotopic (exact) mass is 286 g/mol. The predicted octanol–water partition coefficient (Wildman–Crippen LogP) is 1.22. The number of nitrogens with zero attached hydrogens (tertiary/aromatic N) is 5. The number of likely N-dealkylation sites (tertiary alicyclic amines) is 1. The number of rotatable bonds is 4. The Balaban J connectivity index is 1.78. The molecule has 2 N–H and O–H groups in total. The number of benzene rings is 1. The smallest absolute Gasteiger partial charge is 0.170 e. The molecule has 0 radical (unpaired) electrons. The van der Waals surface area contributed by atoms with Crippen molar-refractivity contribution in [1.29, 1.82) is 0 Å². The van der Waals surface area contributed by atoms with Crippen LogP contribution in [0, 0.1) is 5.92 Å². The Hall–Kier alpha value is -1.79. The van der Waals surface area contributed by atoms with Crippen LogP contribution in [0.3, 0.4) is 0 Å². The Bertz CT molecular complexity index is 567. The molecule has 6 heteroatoms. The minimum Gasteiger partial charge on any atom is -0.329 e. The van der Waals surface area contributed by atoms with Gasteiger partial charge >= 0.3 is 0 Å². The van der Waals surface area contributed by atoms with Gasteiger partial charge in [0.1, 0.15) is 0 Å². The summed E-state index contributed by atoms with van der Waals surface area (Å²) in [6.45, 7) is 4.80. The number of piperidine rings is 1. The standard InChI is InChI=1S/C15H22N6/c1-12-7-8-20(14(9-12)10-16)11-15-17-18-19-21(15)13-5-3-2-4-6-13/h2-6,12,14H,7-11,16H2,1H3. The fourth-order valence-corrected chi connectivity index (χ4v) is 3.01. The Morgan fingerprint density at radius 3 is 2.86 bits per heavy atom. The summed E-state index contributed by atoms with van der Waals surface area (Å²) in [5, 5.41) is 12.1. The third-order valence-electron chi connectivity index (χ3n) is 4.25. The second-order valence-corrected chi connectivity index (χ2v) is 5.83. The molecule has 0 saturated carbocycles. The topological polar surface area (TPSA) is 72.9 Å². The Labute approximate surface area is 124 Å². The fraction of sp³-hybridized carbons (Fsp3) is 0.533. The summed E-state index contributed by atoms with van der Waals surface area (Å²) in [7, 11) is 0. The number of para-hydroxylation sites is 1. The maximum Gasteiger partial charge on any atom is 0.170 e. The molecule has 0 amide bonds. The van der Waals surface area contributed by atoms with E-state index in [1.165, 1.54) is 6.42 Å². The van der Waals surface area contributed by atoms with Gasteiger partial charge in [-0.1, -0.05) is 25.1 Å². The van der Waals surface area contributed by atoms with Crippen molar-refractivity contribution in [3.05, 3.63) is 36.2 Å². The zero-order chi connectivity index (χ0) is 14.7. The highest BCUT2D eigenvalue weighted by atomic mass is 15.5. The molecule has 0 bridgehead atoms. The highest BCUT2D eigenvalue weighted by molar-refractivity contribution is 5.30. The van der Waals surface area contributed by atoms with Gasteiger partial charge in [0, 0.05) is 12.6 Å². The van der Waals surface area contributed by atoms with Crippen LogP contribution in [-0.4, -0.2) is 44.2 Å². The molecule has 21 heavy (non-hydrogen) atoms. The molecule has 2 aromatic rings. The first-order valence-electron chi connectivity index (χ1n) is 7.54. The lowest BCUT2D eigenvalue weighted by atomic mass is 9.92. The average molecular weight is 286 g/mol. The average Bonchev–Trinajstić information content (AvgIpc) is 2.98. The molecule has 2 unspecified atom stereocenters. The van der Waals surface area contributed by atoms with Gasteiger partial charge in [-0.3, -0.25) is 4.90 Å². The molecule has 1 aromatic heterocycles. The van der Waals surface area contributed by atoms with Crippen LogP contribution in [0.5, 0.6) is 0 Å². The summed E-state index contributed by atoms with van der Waals surface area (Å²) in [5.41, 5.74) is 6.93. The van der Waals surface area contributed by atoms with E-state index in [4.69, 9.17) is 5.73 Å². The highest BCUT2D eigenvalue weighted by Gasteiger charge is 2.26. The molecule has 112 valence electrons. The van der Waals surface area contributed by atoms with E-state index in [-0.39, 0.29) is 0 Å². The summed E-state index contributed by atoms with van der Waals surface area (Å²) in [6, 6.07) is 10.4. The predicted molar refractivity (Wildman–Crippen MR) is 80.8 cm³/mol. The van der Waals surface area contributed by atoms with Crippen molar-refractivity contribution in [2.75, 3.05) is 13.1 Å². The summed E-state index contributed by atoms with van der Waals surface area (Å²) in [5.74, 6) is 1.62. The van der Waals surface area contributed by atoms with Gasteiger partial charge in [0.2, 0.25) is 0 Å². The minimum absolute atomic E-state index is 0.426. The van der Waals surface area contributed by atoms with Crippen LogP contribution in [0.1, 0.15) is 25.6 Å². The van der Waals surface area contributed by atoms with Crippen LogP contribution in [0.25, 0.3) is 5.69 Å². The molecule has 0 aliphatic carbocycles. The van der Waals surface area contributed by atoms with Crippen molar-refractivity contribution >= 4 is 0 Å². The third-order valence-corrected chi connectivity index (χ3v) is 4.25. The number of aromatic nitrogens is 4. The maximum atomic E-state index is 5.93. The van der Waals surface area contributed by atoms with Crippen LogP contribution in [0.2, 0.25) is 0 Å². The largest absolute Gasteiger partial charge is 0.329 e. The summed E-state index contributed by atoms with van der Waals surface area (Å²) >= 11 is 0. The van der Waals surface area contributed by atoms with Crippen LogP contribution in [-0.2, 0) is 6.54 Å². The molecule has 1 saturated heterocycles. The number of tetrazole rings is 1. The van der Waals surface area contributed by atoms with Gasteiger partial charge in [0.05, 0.1) is 12.2 Å². The van der Waals surface area contributed by atoms with Crippen molar-refractivity contribution in [3.8, 4) is 5.69 Å². The van der Waals surface area contributed by atoms with Crippen molar-refractivity contribution < 1.29 is 0 Å². The maximum absolute atomic E-state index is 5.93. The zero-order valence-electron chi connectivity index (χ0n) is 12.4. The highest BCUT2D eigenvalue weighted by Crippen LogP contribution is 2.23. The summed E-state index contributed by atoms with van der Waals surface area (Å²) < 4.78 is 1.81. The van der Waals surface area contributed by atoms with Gasteiger partial charge in [0.25, 0.3) is 0 Å². The van der Waals surface area contributed by atoms with Crippen molar-refractivity contribution in [2.45, 2.75) is 32.4 Å². The fourth-order valence-electron chi connectivity index (χ4n) is 3.01. The number of hydrogen-bond donors (Lipinski definition) is 1. The molecule has 1 aromatic carbocycles. The number of nitrogens with two attached hydrogens (primary N) is 1. The van der Waals surface area contributed by atoms with E-state index < -0.39 is 0 Å². The molecule has 1 fully saturated rings. The van der Waals surface area contributed by atoms with Crippen molar-refractivity contribution in [3.63, 3.8) is 0 Å². The number of hydrogen-bond acceptors (Lipinski definition) is 5. The van der Waals surface area contributed by atoms with Crippen LogP contribution in [0.15, 0.2) is 30.3 Å². The first-order chi connectivity index (χ1) is 10.3. The van der Waals surface area contributed by atoms with E-state index >= 15 is 0 Å². The van der Waals surface area contributed by atoms with E-state index in [9.17, 15) is 0 Å². The Morgan fingerprint density at radius 2 is 2.10 bits per heavy atom. The van der Waals surface area contributed by atoms with E-state index in [1.807, 2.05) is 35.0 Å². The molecule has 1 aliphatic heterocycles. The molecule has 0 spiro atoms. The van der Waals surface area contributed by atoms with Gasteiger partial charge in [-0.05, 0) is 47.9 Å². The molecular weight excluding hydrogens is 264 g/mol. The Morgan fingerprint density at radius 1 is 1.29 bits per heavy atom. The van der Waals surface area contributed by atoms with Crippen LogP contribution >= 0.6 is 0 Å². The second-order valence-electron chi connectivity index (χ2n) is 5.83. The van der Waals surface area contributed by atoms with E-state index in [1.54, 1.807) is 0 Å². The zero-order valence-corrected chi connectivity index (χ0v) is 12.4. The second kappa shape index (κ2) is 6.32. The molecule has 1 aliphatic rings. The molecular formula is C15H22N6. The normalized spacial score (nSPS) is 23.3. The molecule has 2 heterocycles. The van der Waals surface area contributed by atoms with E-state index in [2.05, 4.69) is 27.3 Å². The van der Waals surface area contributed by atoms with Crippen LogP contribution in [0.4, 0.5) is 0 Å². The summed E-state index contributed by atoms with van der Waals surface area (Å²) in [6.07, 6.45) is 2.37. The molecule has 2 atom stereocenters. The lowest BCUT2D eigenvalue weighted by Gasteiger charge is -2.37. The van der Waals surface area contributed by atoms with Crippen molar-refractivity contribution in [2.24, 2.45) is 11.7 Å². The van der Waals surface area contributed by atoms with Gasteiger partial charge in [0.15, 0.2) is 5.82 Å². The third kappa shape index (κ3) is 3.11. The molecule has 3 rings (SSSR count). The minimum atomic E-state index is 0.426. The van der Waals surface area contributed by atoms with E-state index in [0.29, 0.717) is 12.6 Å². The van der Waals surface area contributed by atoms with Crippen LogP contribution < -0.4 is 5.73 Å². The van der Waals surface area contributed by atoms with Gasteiger partial charge in [-0.2, -0.15) is 4.68 Å². The lowest BCUT2D eigenvalue weighted by Crippen LogP contribution is -2.46. The van der Waals surface area contributed by atoms with Gasteiger partial charge < -0.3 is 5.73 Å². The van der Waals surface area contributed by atoms with Crippen molar-refractivity contribution in [1.82, 2.24) is 25.1 Å². The van der Waals surface area contributed by atoms with Gasteiger partial charge in [-0.15, -0.1) is 5.10 Å². The van der Waals surface area contributed by atoms with Gasteiger partial charge in [-0.25, -0.2) is 0 Å². The summed E-state index contributed by atoms with van der Waals surface area (Å²) in [4.78, 5) is 2.41.